The highest BCUT2D eigenvalue weighted by atomic mass is 32.2. The molecule has 1 unspecified atom stereocenters. The number of aromatic nitrogens is 4. The number of Topliss-reactive ketones (excluding diaryl/α,β-unsaturated/α-hetero) is 1. The van der Waals surface area contributed by atoms with Crippen LogP contribution in [-0.4, -0.2) is 78.1 Å². The van der Waals surface area contributed by atoms with Gasteiger partial charge in [0.15, 0.2) is 0 Å². The highest BCUT2D eigenvalue weighted by molar-refractivity contribution is 8.02. The Hall–Kier alpha value is -11.3. The molecule has 1 N–H and O–H groups in total. The lowest BCUT2D eigenvalue weighted by Gasteiger charge is -2.10. The number of nitrogens with zero attached hydrogens (tertiary/aromatic N) is 4. The Balaban J connectivity index is 0.000000130. The Bertz CT molecular complexity index is 5660. The van der Waals surface area contributed by atoms with Crippen LogP contribution in [0.25, 0.3) is 109 Å². The first kappa shape index (κ1) is 77.8. The number of aldehydes is 1. The average Bonchev–Trinajstić information content (AvgIpc) is 1.59. The summed E-state index contributed by atoms with van der Waals surface area (Å²) in [6.07, 6.45) is 2.76. The van der Waals surface area contributed by atoms with Gasteiger partial charge in [0, 0.05) is 27.6 Å². The normalized spacial score (nSPS) is 11.0. The monoisotopic (exact) mass is 1520 g/mol. The van der Waals surface area contributed by atoms with Crippen LogP contribution in [0.3, 0.4) is 0 Å². The number of hydrogen-bond donors (Lipinski definition) is 1. The second-order valence-corrected chi connectivity index (χ2v) is 29.4. The summed E-state index contributed by atoms with van der Waals surface area (Å²) < 4.78 is 30.2. The van der Waals surface area contributed by atoms with E-state index in [0.717, 1.165) is 86.1 Å². The Morgan fingerprint density at radius 2 is 0.824 bits per heavy atom. The van der Waals surface area contributed by atoms with E-state index in [9.17, 15) is 24.0 Å². The van der Waals surface area contributed by atoms with Gasteiger partial charge >= 0.3 is 17.9 Å². The van der Waals surface area contributed by atoms with Crippen LogP contribution in [-0.2, 0) is 39.9 Å². The molecule has 16 rings (SSSR count). The van der Waals surface area contributed by atoms with Gasteiger partial charge in [0.25, 0.3) is 0 Å². The Labute approximate surface area is 648 Å². The van der Waals surface area contributed by atoms with E-state index in [-0.39, 0.29) is 23.5 Å². The molecular weight excluding hydrogens is 1440 g/mol. The fourth-order valence-corrected chi connectivity index (χ4v) is 17.0. The molecule has 18 heteroatoms. The van der Waals surface area contributed by atoms with Crippen LogP contribution >= 0.6 is 58.1 Å². The van der Waals surface area contributed by atoms with Gasteiger partial charge < -0.3 is 23.9 Å². The van der Waals surface area contributed by atoms with Crippen molar-refractivity contribution in [3.63, 3.8) is 0 Å². The van der Waals surface area contributed by atoms with Crippen molar-refractivity contribution in [2.45, 2.75) is 69.2 Å². The zero-order chi connectivity index (χ0) is 75.9. The van der Waals surface area contributed by atoms with Gasteiger partial charge in [-0.25, -0.2) is 0 Å². The van der Waals surface area contributed by atoms with Crippen LogP contribution in [0.1, 0.15) is 60.6 Å². The van der Waals surface area contributed by atoms with E-state index in [4.69, 9.17) is 19.1 Å². The molecule has 0 saturated carbocycles. The highest BCUT2D eigenvalue weighted by Crippen LogP contribution is 2.43. The largest absolute Gasteiger partial charge is 0.481 e. The smallest absolute Gasteiger partial charge is 0.316 e. The van der Waals surface area contributed by atoms with Crippen molar-refractivity contribution in [1.82, 2.24) is 18.3 Å². The Morgan fingerprint density at radius 3 is 1.26 bits per heavy atom. The molecule has 0 aliphatic rings. The summed E-state index contributed by atoms with van der Waals surface area (Å²) in [6, 6.07) is 86.0. The van der Waals surface area contributed by atoms with E-state index < -0.39 is 11.9 Å². The molecule has 0 aliphatic heterocycles. The molecule has 542 valence electrons. The molecule has 0 amide bonds. The van der Waals surface area contributed by atoms with Crippen LogP contribution < -0.4 is 0 Å². The first-order valence-electron chi connectivity index (χ1n) is 35.0. The maximum Gasteiger partial charge on any atom is 0.316 e. The summed E-state index contributed by atoms with van der Waals surface area (Å²) in [5.41, 5.74) is 15.0. The van der Waals surface area contributed by atoms with Crippen molar-refractivity contribution in [1.29, 1.82) is 0 Å². The van der Waals surface area contributed by atoms with Crippen LogP contribution in [0.15, 0.2) is 279 Å². The predicted molar refractivity (Wildman–Crippen MR) is 447 cm³/mol. The number of ketones is 1. The third kappa shape index (κ3) is 19.5. The number of rotatable bonds is 17. The number of ether oxygens (including phenoxy) is 2. The Kier molecular flexibility index (Phi) is 27.6. The van der Waals surface area contributed by atoms with Crippen LogP contribution in [0.2, 0.25) is 0 Å². The summed E-state index contributed by atoms with van der Waals surface area (Å²) in [6.45, 7) is 13.9. The van der Waals surface area contributed by atoms with E-state index in [0.29, 0.717) is 31.7 Å². The summed E-state index contributed by atoms with van der Waals surface area (Å²) in [5.74, 6) is -1.56. The van der Waals surface area contributed by atoms with Crippen LogP contribution in [0.4, 0.5) is 0 Å². The van der Waals surface area contributed by atoms with E-state index in [1.807, 2.05) is 156 Å². The van der Waals surface area contributed by atoms with E-state index >= 15 is 0 Å². The maximum atomic E-state index is 11.6. The average molecular weight is 1520 g/mol. The second kappa shape index (κ2) is 38.3. The van der Waals surface area contributed by atoms with E-state index in [2.05, 4.69) is 164 Å². The molecule has 0 saturated heterocycles. The first-order valence-corrected chi connectivity index (χ1v) is 39.4. The zero-order valence-corrected chi connectivity index (χ0v) is 64.7. The van der Waals surface area contributed by atoms with Gasteiger partial charge in [0.2, 0.25) is 0 Å². The number of fused-ring (bicyclic) bond motifs is 6. The van der Waals surface area contributed by atoms with Crippen molar-refractivity contribution in [3.8, 4) is 44.5 Å². The molecule has 0 bridgehead atoms. The molecule has 16 aromatic rings. The quantitative estimate of drug-likeness (QED) is 0.0392. The molecule has 0 radical (unpaired) electrons. The van der Waals surface area contributed by atoms with Gasteiger partial charge in [-0.2, -0.15) is 13.1 Å². The number of hydrogen-bond acceptors (Lipinski definition) is 17. The van der Waals surface area contributed by atoms with E-state index in [1.165, 1.54) is 130 Å². The number of aliphatic carboxylic acids is 1. The zero-order valence-electron chi connectivity index (χ0n) is 60.6. The third-order valence-corrected chi connectivity index (χ3v) is 22.7. The number of carbonyl (C=O) groups excluding carboxylic acids is 4. The molecule has 13 nitrogen and oxygen atoms in total. The SMILES string of the molecule is CC(=O)C(C=O)c1cccc2ccccc12.CCOC(=O)CSc1snc(C)c1-c1cccc2ccccc12.CCOC(=O)Cc1cccc2ccccc12.Cc1nocc1-c1cccc2ccccc12.Cc1nsc(SCC(=O)O)c1-c1cccc2ccccc12.Cc1nscc1-c1cccc2ccccc12. The third-order valence-electron chi connectivity index (χ3n) is 17.6. The van der Waals surface area contributed by atoms with Crippen molar-refractivity contribution >= 4 is 153 Å². The number of carbonyl (C=O) groups is 5. The van der Waals surface area contributed by atoms with Crippen LogP contribution in [0, 0.1) is 27.7 Å². The van der Waals surface area contributed by atoms with Gasteiger partial charge in [-0.1, -0.05) is 260 Å². The van der Waals surface area contributed by atoms with Crippen molar-refractivity contribution in [2.24, 2.45) is 0 Å². The minimum atomic E-state index is -0.810. The minimum Gasteiger partial charge on any atom is -0.481 e. The van der Waals surface area contributed by atoms with Crippen molar-refractivity contribution < 1.29 is 43.1 Å². The molecule has 4 aromatic heterocycles. The number of carboxylic acids is 1. The van der Waals surface area contributed by atoms with Gasteiger partial charge in [0.05, 0.1) is 68.3 Å². The van der Waals surface area contributed by atoms with Crippen molar-refractivity contribution in [3.05, 3.63) is 300 Å². The lowest BCUT2D eigenvalue weighted by molar-refractivity contribution is -0.142. The highest BCUT2D eigenvalue weighted by Gasteiger charge is 2.21. The number of thioether (sulfide) groups is 2. The molecule has 12 aromatic carbocycles. The van der Waals surface area contributed by atoms with Crippen LogP contribution in [0.5, 0.6) is 0 Å². The molecule has 0 fully saturated rings. The topological polar surface area (TPSA) is 189 Å². The number of carboxylic acid groups (broad SMARTS) is 1. The predicted octanol–water partition coefficient (Wildman–Crippen LogP) is 23.1. The Morgan fingerprint density at radius 1 is 0.435 bits per heavy atom. The number of esters is 2. The number of benzene rings is 12. The number of aryl methyl sites for hydroxylation is 4. The minimum absolute atomic E-state index is 0.0550. The summed E-state index contributed by atoms with van der Waals surface area (Å²) >= 11 is 7.17. The molecule has 4 heterocycles. The van der Waals surface area contributed by atoms with Crippen molar-refractivity contribution in [2.75, 3.05) is 24.7 Å². The van der Waals surface area contributed by atoms with E-state index in [1.54, 1.807) is 6.26 Å². The molecular formula is C90H78N4O9S5. The second-order valence-electron chi connectivity index (χ2n) is 24.8. The fraction of sp³-hybridized carbons (Fsp3) is 0.144. The lowest BCUT2D eigenvalue weighted by atomic mass is 9.92. The van der Waals surface area contributed by atoms with Gasteiger partial charge in [-0.05, 0) is 181 Å². The van der Waals surface area contributed by atoms with Gasteiger partial charge in [0.1, 0.15) is 18.3 Å². The lowest BCUT2D eigenvalue weighted by Crippen LogP contribution is -2.10. The molecule has 108 heavy (non-hydrogen) atoms. The summed E-state index contributed by atoms with van der Waals surface area (Å²) in [7, 11) is 0. The first-order chi connectivity index (χ1) is 52.6. The summed E-state index contributed by atoms with van der Waals surface area (Å²) in [4.78, 5) is 56.2. The summed E-state index contributed by atoms with van der Waals surface area (Å²) in [5, 5.41) is 29.0. The fourth-order valence-electron chi connectivity index (χ4n) is 12.6. The molecule has 1 atom stereocenters. The molecule has 0 spiro atoms. The molecule has 0 aliphatic carbocycles. The van der Waals surface area contributed by atoms with Gasteiger partial charge in [-0.3, -0.25) is 19.2 Å². The van der Waals surface area contributed by atoms with Gasteiger partial charge in [-0.15, -0.1) is 23.5 Å². The maximum absolute atomic E-state index is 11.6. The standard InChI is InChI=1S/C18H17NO2S2.C16H13NO2S2.C14H11NO.C14H11NS.C14H12O2.C14H14O2/c1-3-21-16(20)11-22-18-17(12(2)19-23-18)15-10-6-8-13-7-4-5-9-14(13)15;1-10-15(16(21-17-10)20-9-14(18)19)13-8-4-6-11-5-2-3-7-12(11)13;2*1-10-14(9-16-15-10)13-8-4-6-11-5-2-3-7-12(11)13;1-10(16)14(9-15)13-8-4-6-11-5-2-3-7-12(11)13;1-2-16-14(15)10-12-8-5-7-11-6-3-4-9-13(11)12/h4-10H,3,11H2,1-2H3;2-8H,9H2,1H3,(H,18,19);2*2-9H,1H3;2-9,14H,1H3;3-9H,2,10H2,1H3.